The van der Waals surface area contributed by atoms with Crippen LogP contribution in [0.2, 0.25) is 0 Å². The molecule has 0 spiro atoms. The number of hydrogen-bond acceptors (Lipinski definition) is 5. The van der Waals surface area contributed by atoms with Crippen LogP contribution < -0.4 is 4.90 Å². The largest absolute Gasteiger partial charge is 0.370 e. The predicted molar refractivity (Wildman–Crippen MR) is 108 cm³/mol. The molecule has 1 atom stereocenters. The Morgan fingerprint density at radius 3 is 2.61 bits per heavy atom. The van der Waals surface area contributed by atoms with Crippen LogP contribution >= 0.6 is 0 Å². The van der Waals surface area contributed by atoms with Crippen molar-refractivity contribution in [3.8, 4) is 11.4 Å². The Morgan fingerprint density at radius 1 is 0.929 bits per heavy atom. The minimum atomic E-state index is 0.0435. The van der Waals surface area contributed by atoms with Crippen LogP contribution in [0.4, 0.5) is 5.82 Å². The van der Waals surface area contributed by atoms with Gasteiger partial charge in [0.25, 0.3) is 0 Å². The lowest BCUT2D eigenvalue weighted by molar-refractivity contribution is 0.0391. The van der Waals surface area contributed by atoms with Gasteiger partial charge in [-0.25, -0.2) is 0 Å². The lowest BCUT2D eigenvalue weighted by atomic mass is 10.0. The molecule has 3 heterocycles. The number of ether oxygens (including phenoxy) is 1. The zero-order chi connectivity index (χ0) is 18.9. The molecule has 6 nitrogen and oxygen atoms in total. The van der Waals surface area contributed by atoms with Gasteiger partial charge in [-0.2, -0.15) is 4.52 Å². The zero-order valence-electron chi connectivity index (χ0n) is 15.7. The third-order valence-corrected chi connectivity index (χ3v) is 5.21. The number of aromatic nitrogens is 4. The van der Waals surface area contributed by atoms with Crippen LogP contribution in [0.25, 0.3) is 17.0 Å². The first-order valence-corrected chi connectivity index (χ1v) is 9.49. The Balaban J connectivity index is 1.48. The van der Waals surface area contributed by atoms with E-state index < -0.39 is 0 Å². The van der Waals surface area contributed by atoms with Crippen LogP contribution in [0, 0.1) is 6.92 Å². The van der Waals surface area contributed by atoms with E-state index in [2.05, 4.69) is 46.3 Å². The molecule has 0 bridgehead atoms. The maximum Gasteiger partial charge on any atom is 0.185 e. The van der Waals surface area contributed by atoms with Gasteiger partial charge < -0.3 is 9.64 Å². The van der Waals surface area contributed by atoms with Crippen LogP contribution in [-0.2, 0) is 4.74 Å². The molecule has 1 fully saturated rings. The highest BCUT2D eigenvalue weighted by atomic mass is 16.5. The van der Waals surface area contributed by atoms with Crippen LogP contribution in [0.15, 0.2) is 66.7 Å². The molecule has 4 aromatic rings. The van der Waals surface area contributed by atoms with E-state index in [4.69, 9.17) is 9.84 Å². The molecule has 2 aromatic carbocycles. The highest BCUT2D eigenvalue weighted by Crippen LogP contribution is 2.27. The van der Waals surface area contributed by atoms with Crippen LogP contribution in [0.3, 0.4) is 0 Å². The normalized spacial score (nSPS) is 17.2. The molecule has 5 rings (SSSR count). The fraction of sp³-hybridized carbons (Fsp3) is 0.227. The molecular weight excluding hydrogens is 350 g/mol. The van der Waals surface area contributed by atoms with Crippen LogP contribution in [-0.4, -0.2) is 39.5 Å². The molecule has 0 saturated carbocycles. The number of aryl methyl sites for hydroxylation is 1. The van der Waals surface area contributed by atoms with Crippen molar-refractivity contribution in [3.05, 3.63) is 77.9 Å². The maximum absolute atomic E-state index is 6.06. The van der Waals surface area contributed by atoms with Gasteiger partial charge >= 0.3 is 0 Å². The maximum atomic E-state index is 6.06. The van der Waals surface area contributed by atoms with E-state index in [-0.39, 0.29) is 6.10 Å². The molecule has 1 aliphatic rings. The molecule has 1 unspecified atom stereocenters. The Kier molecular flexibility index (Phi) is 4.25. The second kappa shape index (κ2) is 7.05. The lowest BCUT2D eigenvalue weighted by Gasteiger charge is -2.34. The van der Waals surface area contributed by atoms with Crippen molar-refractivity contribution in [1.82, 2.24) is 19.8 Å². The highest BCUT2D eigenvalue weighted by molar-refractivity contribution is 5.59. The molecule has 2 aromatic heterocycles. The van der Waals surface area contributed by atoms with E-state index in [1.165, 1.54) is 11.1 Å². The summed E-state index contributed by atoms with van der Waals surface area (Å²) in [7, 11) is 0. The summed E-state index contributed by atoms with van der Waals surface area (Å²) in [6.45, 7) is 4.38. The smallest absolute Gasteiger partial charge is 0.185 e. The van der Waals surface area contributed by atoms with Crippen molar-refractivity contribution >= 4 is 11.5 Å². The summed E-state index contributed by atoms with van der Waals surface area (Å²) in [4.78, 5) is 2.27. The summed E-state index contributed by atoms with van der Waals surface area (Å²) in [6, 6.07) is 22.4. The van der Waals surface area contributed by atoms with Crippen LogP contribution in [0.5, 0.6) is 0 Å². The van der Waals surface area contributed by atoms with Gasteiger partial charge in [0, 0.05) is 18.7 Å². The third kappa shape index (κ3) is 3.01. The summed E-state index contributed by atoms with van der Waals surface area (Å²) in [5.74, 6) is 1.66. The summed E-state index contributed by atoms with van der Waals surface area (Å²) >= 11 is 0. The number of nitrogens with zero attached hydrogens (tertiary/aromatic N) is 5. The van der Waals surface area contributed by atoms with Gasteiger partial charge in [0.05, 0.1) is 6.61 Å². The van der Waals surface area contributed by atoms with E-state index in [0.717, 1.165) is 35.9 Å². The zero-order valence-corrected chi connectivity index (χ0v) is 15.7. The van der Waals surface area contributed by atoms with Crippen molar-refractivity contribution in [1.29, 1.82) is 0 Å². The van der Waals surface area contributed by atoms with Gasteiger partial charge in [0.15, 0.2) is 11.5 Å². The number of rotatable bonds is 3. The quantitative estimate of drug-likeness (QED) is 0.550. The summed E-state index contributed by atoms with van der Waals surface area (Å²) in [5.41, 5.74) is 4.23. The van der Waals surface area contributed by atoms with Crippen molar-refractivity contribution in [2.24, 2.45) is 0 Å². The molecule has 6 heteroatoms. The summed E-state index contributed by atoms with van der Waals surface area (Å²) < 4.78 is 7.88. The second-order valence-corrected chi connectivity index (χ2v) is 7.01. The standard InChI is InChI=1S/C22H21N5O/c1-16-7-5-6-10-18(16)19-15-26(13-14-28-19)21-12-11-20-23-24-22(27(20)25-21)17-8-3-2-4-9-17/h2-12,19H,13-15H2,1H3. The third-order valence-electron chi connectivity index (χ3n) is 5.21. The van der Waals surface area contributed by atoms with E-state index in [9.17, 15) is 0 Å². The van der Waals surface area contributed by atoms with Gasteiger partial charge in [-0.3, -0.25) is 0 Å². The first-order chi connectivity index (χ1) is 13.8. The monoisotopic (exact) mass is 371 g/mol. The summed E-state index contributed by atoms with van der Waals surface area (Å²) in [6.07, 6.45) is 0.0435. The fourth-order valence-electron chi connectivity index (χ4n) is 3.71. The average Bonchev–Trinajstić information content (AvgIpc) is 3.18. The van der Waals surface area contributed by atoms with E-state index in [1.807, 2.05) is 47.0 Å². The molecular formula is C22H21N5O. The van der Waals surface area contributed by atoms with Gasteiger partial charge in [0.1, 0.15) is 11.9 Å². The van der Waals surface area contributed by atoms with Crippen molar-refractivity contribution < 1.29 is 4.74 Å². The minimum Gasteiger partial charge on any atom is -0.370 e. The first kappa shape index (κ1) is 16.9. The van der Waals surface area contributed by atoms with Crippen molar-refractivity contribution in [2.45, 2.75) is 13.0 Å². The first-order valence-electron chi connectivity index (χ1n) is 9.49. The van der Waals surface area contributed by atoms with Gasteiger partial charge in [-0.15, -0.1) is 15.3 Å². The van der Waals surface area contributed by atoms with E-state index in [0.29, 0.717) is 6.61 Å². The number of morpholine rings is 1. The van der Waals surface area contributed by atoms with Gasteiger partial charge in [-0.05, 0) is 30.2 Å². The molecule has 1 saturated heterocycles. The number of hydrogen-bond donors (Lipinski definition) is 0. The Hall–Kier alpha value is -3.25. The lowest BCUT2D eigenvalue weighted by Crippen LogP contribution is -2.39. The van der Waals surface area contributed by atoms with E-state index in [1.54, 1.807) is 0 Å². The van der Waals surface area contributed by atoms with Gasteiger partial charge in [0.2, 0.25) is 0 Å². The van der Waals surface area contributed by atoms with Crippen molar-refractivity contribution in [3.63, 3.8) is 0 Å². The molecule has 0 amide bonds. The predicted octanol–water partition coefficient (Wildman–Crippen LogP) is 3.68. The molecule has 0 aliphatic carbocycles. The minimum absolute atomic E-state index is 0.0435. The van der Waals surface area contributed by atoms with E-state index >= 15 is 0 Å². The fourth-order valence-corrected chi connectivity index (χ4v) is 3.71. The second-order valence-electron chi connectivity index (χ2n) is 7.01. The number of fused-ring (bicyclic) bond motifs is 1. The molecule has 1 aliphatic heterocycles. The van der Waals surface area contributed by atoms with Crippen molar-refractivity contribution in [2.75, 3.05) is 24.6 Å². The number of benzene rings is 2. The topological polar surface area (TPSA) is 55.6 Å². The Bertz CT molecular complexity index is 1110. The SMILES string of the molecule is Cc1ccccc1C1CN(c2ccc3nnc(-c4ccccc4)n3n2)CCO1. The molecule has 0 N–H and O–H groups in total. The molecule has 28 heavy (non-hydrogen) atoms. The highest BCUT2D eigenvalue weighted by Gasteiger charge is 2.24. The average molecular weight is 371 g/mol. The summed E-state index contributed by atoms with van der Waals surface area (Å²) in [5, 5.41) is 13.4. The number of anilines is 1. The molecule has 0 radical (unpaired) electrons. The Morgan fingerprint density at radius 2 is 1.75 bits per heavy atom. The van der Waals surface area contributed by atoms with Gasteiger partial charge in [-0.1, -0.05) is 54.6 Å². The molecule has 140 valence electrons. The Labute approximate surface area is 163 Å². The van der Waals surface area contributed by atoms with Crippen LogP contribution in [0.1, 0.15) is 17.2 Å².